The Labute approximate surface area is 87.4 Å². The van der Waals surface area contributed by atoms with Crippen molar-refractivity contribution in [3.8, 4) is 0 Å². The lowest BCUT2D eigenvalue weighted by Gasteiger charge is -2.42. The molecule has 0 amide bonds. The molecule has 2 aliphatic carbocycles. The molecule has 14 heavy (non-hydrogen) atoms. The normalized spacial score (nSPS) is 24.6. The third-order valence-corrected chi connectivity index (χ3v) is 3.81. The molecular weight excluding hydrogens is 174 g/mol. The lowest BCUT2D eigenvalue weighted by atomic mass is 9.66. The van der Waals surface area contributed by atoms with Crippen LogP contribution >= 0.6 is 0 Å². The quantitative estimate of drug-likeness (QED) is 0.632. The number of rotatable bonds is 7. The summed E-state index contributed by atoms with van der Waals surface area (Å²) in [4.78, 5) is 0. The van der Waals surface area contributed by atoms with Crippen molar-refractivity contribution in [2.75, 3.05) is 20.3 Å². The van der Waals surface area contributed by atoms with Crippen LogP contribution in [0.15, 0.2) is 0 Å². The molecule has 0 atom stereocenters. The fourth-order valence-electron chi connectivity index (χ4n) is 2.43. The van der Waals surface area contributed by atoms with Gasteiger partial charge in [-0.05, 0) is 43.9 Å². The van der Waals surface area contributed by atoms with Crippen LogP contribution in [0.4, 0.5) is 0 Å². The third-order valence-electron chi connectivity index (χ3n) is 3.81. The predicted octanol–water partition coefficient (Wildman–Crippen LogP) is 2.34. The largest absolute Gasteiger partial charge is 0.385 e. The van der Waals surface area contributed by atoms with E-state index in [1.165, 1.54) is 51.5 Å². The second kappa shape index (κ2) is 4.63. The number of methoxy groups -OCH3 is 1. The Hall–Kier alpha value is -0.0800. The average molecular weight is 197 g/mol. The first kappa shape index (κ1) is 10.4. The molecule has 0 bridgehead atoms. The van der Waals surface area contributed by atoms with Crippen molar-refractivity contribution < 1.29 is 4.74 Å². The molecule has 2 aliphatic rings. The first-order chi connectivity index (χ1) is 6.85. The minimum Gasteiger partial charge on any atom is -0.385 e. The molecular formula is C12H23NO. The zero-order valence-corrected chi connectivity index (χ0v) is 9.35. The van der Waals surface area contributed by atoms with Crippen LogP contribution in [-0.2, 0) is 4.74 Å². The summed E-state index contributed by atoms with van der Waals surface area (Å²) in [6.07, 6.45) is 9.75. The molecule has 2 rings (SSSR count). The van der Waals surface area contributed by atoms with Crippen molar-refractivity contribution in [1.82, 2.24) is 5.32 Å². The first-order valence-corrected chi connectivity index (χ1v) is 6.07. The third kappa shape index (κ3) is 2.71. The van der Waals surface area contributed by atoms with Crippen LogP contribution in [0.1, 0.15) is 44.9 Å². The van der Waals surface area contributed by atoms with Crippen molar-refractivity contribution in [3.63, 3.8) is 0 Å². The Balaban J connectivity index is 1.65. The molecule has 0 aliphatic heterocycles. The van der Waals surface area contributed by atoms with E-state index in [2.05, 4.69) is 5.32 Å². The molecule has 2 fully saturated rings. The van der Waals surface area contributed by atoms with Crippen LogP contribution in [0, 0.1) is 5.41 Å². The van der Waals surface area contributed by atoms with E-state index in [-0.39, 0.29) is 0 Å². The molecule has 0 aromatic rings. The molecule has 1 N–H and O–H groups in total. The van der Waals surface area contributed by atoms with Crippen molar-refractivity contribution in [2.45, 2.75) is 51.0 Å². The van der Waals surface area contributed by atoms with E-state index < -0.39 is 0 Å². The SMILES string of the molecule is COCCCC1(CNC2CC2)CCC1. The predicted molar refractivity (Wildman–Crippen MR) is 58.4 cm³/mol. The lowest BCUT2D eigenvalue weighted by Crippen LogP contribution is -2.40. The fourth-order valence-corrected chi connectivity index (χ4v) is 2.43. The Morgan fingerprint density at radius 1 is 1.36 bits per heavy atom. The van der Waals surface area contributed by atoms with Crippen LogP contribution in [0.25, 0.3) is 0 Å². The maximum Gasteiger partial charge on any atom is 0.0462 e. The smallest absolute Gasteiger partial charge is 0.0462 e. The monoisotopic (exact) mass is 197 g/mol. The molecule has 2 saturated carbocycles. The summed E-state index contributed by atoms with van der Waals surface area (Å²) in [5, 5.41) is 3.69. The number of hydrogen-bond acceptors (Lipinski definition) is 2. The van der Waals surface area contributed by atoms with Gasteiger partial charge >= 0.3 is 0 Å². The van der Waals surface area contributed by atoms with Crippen LogP contribution in [-0.4, -0.2) is 26.3 Å². The zero-order valence-electron chi connectivity index (χ0n) is 9.35. The summed E-state index contributed by atoms with van der Waals surface area (Å²) in [6.45, 7) is 2.20. The van der Waals surface area contributed by atoms with Gasteiger partial charge < -0.3 is 10.1 Å². The van der Waals surface area contributed by atoms with E-state index in [1.807, 2.05) is 0 Å². The first-order valence-electron chi connectivity index (χ1n) is 6.07. The van der Waals surface area contributed by atoms with Crippen molar-refractivity contribution in [3.05, 3.63) is 0 Å². The molecule has 0 spiro atoms. The summed E-state index contributed by atoms with van der Waals surface area (Å²) in [7, 11) is 1.80. The number of nitrogens with one attached hydrogen (secondary N) is 1. The van der Waals surface area contributed by atoms with E-state index in [9.17, 15) is 0 Å². The van der Waals surface area contributed by atoms with Crippen molar-refractivity contribution in [1.29, 1.82) is 0 Å². The molecule has 0 aromatic carbocycles. The zero-order chi connectivity index (χ0) is 9.86. The molecule has 2 nitrogen and oxygen atoms in total. The summed E-state index contributed by atoms with van der Waals surface area (Å²) in [6, 6.07) is 0.870. The molecule has 2 heteroatoms. The van der Waals surface area contributed by atoms with E-state index in [0.717, 1.165) is 12.6 Å². The Kier molecular flexibility index (Phi) is 3.45. The Morgan fingerprint density at radius 2 is 2.14 bits per heavy atom. The average Bonchev–Trinajstić information content (AvgIpc) is 2.92. The van der Waals surface area contributed by atoms with Gasteiger partial charge in [0.15, 0.2) is 0 Å². The highest BCUT2D eigenvalue weighted by atomic mass is 16.5. The van der Waals surface area contributed by atoms with E-state index in [0.29, 0.717) is 5.41 Å². The van der Waals surface area contributed by atoms with Gasteiger partial charge in [0.25, 0.3) is 0 Å². The highest BCUT2D eigenvalue weighted by molar-refractivity contribution is 4.92. The van der Waals surface area contributed by atoms with Crippen LogP contribution in [0.3, 0.4) is 0 Å². The van der Waals surface area contributed by atoms with Gasteiger partial charge in [0, 0.05) is 26.3 Å². The molecule has 0 aromatic heterocycles. The van der Waals surface area contributed by atoms with Gasteiger partial charge in [-0.2, -0.15) is 0 Å². The van der Waals surface area contributed by atoms with Gasteiger partial charge in [-0.25, -0.2) is 0 Å². The maximum absolute atomic E-state index is 5.12. The number of ether oxygens (including phenoxy) is 1. The van der Waals surface area contributed by atoms with Gasteiger partial charge in [-0.3, -0.25) is 0 Å². The van der Waals surface area contributed by atoms with Gasteiger partial charge in [0.1, 0.15) is 0 Å². The van der Waals surface area contributed by atoms with Gasteiger partial charge in [0.05, 0.1) is 0 Å². The molecule has 82 valence electrons. The minimum atomic E-state index is 0.654. The second-order valence-electron chi connectivity index (χ2n) is 5.11. The van der Waals surface area contributed by atoms with Crippen LogP contribution < -0.4 is 5.32 Å². The fraction of sp³-hybridized carbons (Fsp3) is 1.00. The summed E-state index contributed by atoms with van der Waals surface area (Å²) in [5.41, 5.74) is 0.654. The van der Waals surface area contributed by atoms with Gasteiger partial charge in [-0.1, -0.05) is 6.42 Å². The van der Waals surface area contributed by atoms with Crippen molar-refractivity contribution in [2.24, 2.45) is 5.41 Å². The highest BCUT2D eigenvalue weighted by Gasteiger charge is 2.37. The number of hydrogen-bond donors (Lipinski definition) is 1. The van der Waals surface area contributed by atoms with Gasteiger partial charge in [-0.15, -0.1) is 0 Å². The van der Waals surface area contributed by atoms with E-state index in [1.54, 1.807) is 7.11 Å². The Morgan fingerprint density at radius 3 is 2.64 bits per heavy atom. The van der Waals surface area contributed by atoms with Crippen LogP contribution in [0.5, 0.6) is 0 Å². The van der Waals surface area contributed by atoms with E-state index >= 15 is 0 Å². The summed E-state index contributed by atoms with van der Waals surface area (Å²) >= 11 is 0. The molecule has 0 saturated heterocycles. The second-order valence-corrected chi connectivity index (χ2v) is 5.11. The summed E-state index contributed by atoms with van der Waals surface area (Å²) < 4.78 is 5.12. The highest BCUT2D eigenvalue weighted by Crippen LogP contribution is 2.44. The molecule has 0 radical (unpaired) electrons. The minimum absolute atomic E-state index is 0.654. The topological polar surface area (TPSA) is 21.3 Å². The van der Waals surface area contributed by atoms with Crippen LogP contribution in [0.2, 0.25) is 0 Å². The van der Waals surface area contributed by atoms with E-state index in [4.69, 9.17) is 4.74 Å². The van der Waals surface area contributed by atoms with Gasteiger partial charge in [0.2, 0.25) is 0 Å². The molecule has 0 heterocycles. The lowest BCUT2D eigenvalue weighted by molar-refractivity contribution is 0.0943. The maximum atomic E-state index is 5.12. The standard InChI is InChI=1S/C12H23NO/c1-14-9-3-8-12(6-2-7-12)10-13-11-4-5-11/h11,13H,2-10H2,1H3. The van der Waals surface area contributed by atoms with Crippen molar-refractivity contribution >= 4 is 0 Å². The molecule has 0 unspecified atom stereocenters. The summed E-state index contributed by atoms with van der Waals surface area (Å²) in [5.74, 6) is 0. The Bertz CT molecular complexity index is 173.